The molecule has 1 aliphatic heterocycles. The van der Waals surface area contributed by atoms with Crippen LogP contribution in [0.1, 0.15) is 174 Å². The molecule has 0 saturated heterocycles. The zero-order valence-corrected chi connectivity index (χ0v) is 41.4. The number of hydrogen-bond donors (Lipinski definition) is 7. The van der Waals surface area contributed by atoms with Gasteiger partial charge in [0.15, 0.2) is 0 Å². The summed E-state index contributed by atoms with van der Waals surface area (Å²) in [6.07, 6.45) is 0. The van der Waals surface area contributed by atoms with Crippen molar-refractivity contribution in [2.75, 3.05) is 5.12 Å². The summed E-state index contributed by atoms with van der Waals surface area (Å²) in [5.74, 6) is -1.76. The molecule has 0 aliphatic carbocycles. The van der Waals surface area contributed by atoms with Crippen LogP contribution in [0.4, 0.5) is 5.69 Å². The molecule has 0 amide bonds. The summed E-state index contributed by atoms with van der Waals surface area (Å²) in [7, 11) is 0. The number of aromatic hydroxyl groups is 6. The number of benzene rings is 5. The predicted octanol–water partition coefficient (Wildman–Crippen LogP) is 12.8. The van der Waals surface area contributed by atoms with E-state index in [-0.39, 0.29) is 92.5 Å². The Morgan fingerprint density at radius 2 is 0.778 bits per heavy atom. The number of rotatable bonds is 14. The minimum atomic E-state index is -3.45. The van der Waals surface area contributed by atoms with Gasteiger partial charge in [0, 0.05) is 0 Å². The van der Waals surface area contributed by atoms with E-state index in [1.807, 2.05) is 138 Å². The van der Waals surface area contributed by atoms with Gasteiger partial charge in [0.25, 0.3) is 0 Å². The molecule has 0 fully saturated rings. The van der Waals surface area contributed by atoms with Crippen LogP contribution in [0.15, 0.2) is 87.2 Å². The van der Waals surface area contributed by atoms with E-state index in [1.54, 1.807) is 0 Å². The van der Waals surface area contributed by atoms with Crippen molar-refractivity contribution in [3.8, 4) is 34.5 Å². The number of hydrazine groups is 1. The number of hydrogen-bond acceptors (Lipinski definition) is 9. The van der Waals surface area contributed by atoms with Gasteiger partial charge in [-0.2, -0.15) is 0 Å². The summed E-state index contributed by atoms with van der Waals surface area (Å²) < 4.78 is 2.00. The zero-order valence-electron chi connectivity index (χ0n) is 39.0. The molecule has 6 rings (SSSR count). The van der Waals surface area contributed by atoms with Crippen molar-refractivity contribution >= 4 is 17.1 Å². The maximum atomic E-state index is 12.6. The van der Waals surface area contributed by atoms with Crippen molar-refractivity contribution in [1.82, 2.24) is 5.43 Å². The van der Waals surface area contributed by atoms with E-state index < -0.39 is 21.8 Å². The Morgan fingerprint density at radius 3 is 1.11 bits per heavy atom. The first-order valence-electron chi connectivity index (χ1n) is 22.3. The van der Waals surface area contributed by atoms with Crippen LogP contribution in [0.25, 0.3) is 5.70 Å². The second-order valence-corrected chi connectivity index (χ2v) is 24.8. The molecule has 9 nitrogen and oxygen atoms in total. The number of phenols is 6. The molecule has 0 spiro atoms. The van der Waals surface area contributed by atoms with Crippen LogP contribution in [0.3, 0.4) is 0 Å². The number of nitrogens with one attached hydrogen (secondary N) is 1. The first-order valence-corrected chi connectivity index (χ1v) is 27.0. The summed E-state index contributed by atoms with van der Waals surface area (Å²) in [5, 5.41) is 81.6. The van der Waals surface area contributed by atoms with Crippen molar-refractivity contribution in [3.63, 3.8) is 0 Å². The fraction of sp³-hybridized carbons (Fsp3) is 0.377. The molecule has 0 atom stereocenters. The number of anilines is 1. The van der Waals surface area contributed by atoms with Gasteiger partial charge in [-0.15, -0.1) is 0 Å². The fourth-order valence-electron chi connectivity index (χ4n) is 8.59. The Kier molecular flexibility index (Phi) is 14.5. The second kappa shape index (κ2) is 19.3. The molecule has 5 aromatic rings. The van der Waals surface area contributed by atoms with Crippen LogP contribution in [-0.2, 0) is 30.0 Å². The topological polar surface area (TPSA) is 149 Å². The fourth-order valence-corrected chi connectivity index (χ4v) is 15.9. The van der Waals surface area contributed by atoms with Crippen molar-refractivity contribution in [2.24, 2.45) is 5.10 Å². The minimum absolute atomic E-state index is 0.0265. The van der Waals surface area contributed by atoms with Gasteiger partial charge in [-0.05, 0) is 0 Å². The van der Waals surface area contributed by atoms with Crippen molar-refractivity contribution in [1.29, 1.82) is 0 Å². The summed E-state index contributed by atoms with van der Waals surface area (Å²) in [6, 6.07) is 26.0. The van der Waals surface area contributed by atoms with E-state index in [1.165, 1.54) is 5.12 Å². The van der Waals surface area contributed by atoms with E-state index in [9.17, 15) is 30.6 Å². The molecule has 0 bridgehead atoms. The summed E-state index contributed by atoms with van der Waals surface area (Å²) in [4.78, 5) is 0. The van der Waals surface area contributed by atoms with Crippen LogP contribution in [0.2, 0.25) is 0 Å². The summed E-state index contributed by atoms with van der Waals surface area (Å²) in [6.45, 7) is 23.8. The molecule has 7 N–H and O–H groups in total. The quantitative estimate of drug-likeness (QED) is 0.0582. The van der Waals surface area contributed by atoms with E-state index in [0.717, 1.165) is 11.1 Å². The summed E-state index contributed by atoms with van der Waals surface area (Å²) in [5.41, 5.74) is 10.2. The van der Waals surface area contributed by atoms with Crippen LogP contribution >= 0.6 is 0 Å². The van der Waals surface area contributed by atoms with Crippen LogP contribution in [-0.4, -0.2) is 36.4 Å². The van der Waals surface area contributed by atoms with Crippen LogP contribution in [0, 0.1) is 0 Å². The molecule has 5 aromatic carbocycles. The van der Waals surface area contributed by atoms with Gasteiger partial charge < -0.3 is 0 Å². The molecule has 10 heteroatoms. The van der Waals surface area contributed by atoms with Crippen LogP contribution < -0.4 is 10.5 Å². The van der Waals surface area contributed by atoms with E-state index >= 15 is 0 Å². The molecular weight excluding hydrogens is 866 g/mol. The molecule has 0 unspecified atom stereocenters. The molecule has 0 radical (unpaired) electrons. The Balaban J connectivity index is 1.89. The van der Waals surface area contributed by atoms with Gasteiger partial charge in [-0.1, -0.05) is 0 Å². The Bertz CT molecular complexity index is 2390. The zero-order chi connectivity index (χ0) is 46.2. The first-order chi connectivity index (χ1) is 29.7. The predicted molar refractivity (Wildman–Crippen MR) is 253 cm³/mol. The van der Waals surface area contributed by atoms with Crippen molar-refractivity contribution in [3.05, 3.63) is 138 Å². The van der Waals surface area contributed by atoms with Gasteiger partial charge >= 0.3 is 384 Å². The number of phenolic OH excluding ortho intramolecular Hbond substituents is 6. The third-order valence-electron chi connectivity index (χ3n) is 12.2. The molecule has 1 heterocycles. The molecule has 0 saturated carbocycles. The van der Waals surface area contributed by atoms with Gasteiger partial charge in [-0.3, -0.25) is 0 Å². The Labute approximate surface area is 382 Å². The van der Waals surface area contributed by atoms with Gasteiger partial charge in [-0.25, -0.2) is 0 Å². The molecule has 63 heavy (non-hydrogen) atoms. The van der Waals surface area contributed by atoms with Gasteiger partial charge in [0.1, 0.15) is 0 Å². The van der Waals surface area contributed by atoms with Crippen molar-refractivity contribution in [2.45, 2.75) is 127 Å². The van der Waals surface area contributed by atoms with E-state index in [4.69, 9.17) is 5.10 Å². The third-order valence-corrected chi connectivity index (χ3v) is 19.2. The maximum absolute atomic E-state index is 12.6. The average Bonchev–Trinajstić information content (AvgIpc) is 3.20. The monoisotopic (exact) mass is 930 g/mol. The van der Waals surface area contributed by atoms with Crippen LogP contribution in [0.5, 0.6) is 34.5 Å². The normalized spacial score (nSPS) is 13.3. The SMILES string of the molecule is CC(C)c1cc(C(C)C)c(O)c(C2=NN(c3c(O)c(C(C)C)cc(C(C)C)c3O)NC(c3c(O)c(C(C)C)cc(C(C)C)c3O)=[C]2[Zr]([CH2]c2ccccc2)[CH2]c2ccccc2)c1O. The Hall–Kier alpha value is -5.21. The number of allylic oxidation sites excluding steroid dienone is 1. The summed E-state index contributed by atoms with van der Waals surface area (Å²) >= 11 is -3.45. The number of hydrazone groups is 1. The molecular formula is C53H66N3O6Zr. The standard InChI is InChI=1S/C39H52N3O6.2C7H7.Zr/c1-17(2)23-13-24(18(3)4)35(44)31(34(23)43)29-16-30(32-36(45)25(19(5)6)14-26(20(7)8)37(32)46)41-42(40-29)33-38(47)27(21(9)10)15-28(22(11)12)39(33)48;2*1-7-5-3-2-4-6-7;/h13-15,17-22,40,43-48H,1-12H3;2*2-6H,1H2;. The molecule has 333 valence electrons. The number of nitrogens with zero attached hydrogens (tertiary/aromatic N) is 2. The van der Waals surface area contributed by atoms with E-state index in [0.29, 0.717) is 50.6 Å². The molecule has 0 aromatic heterocycles. The van der Waals surface area contributed by atoms with Gasteiger partial charge in [0.05, 0.1) is 0 Å². The van der Waals surface area contributed by atoms with Crippen molar-refractivity contribution < 1.29 is 52.4 Å². The van der Waals surface area contributed by atoms with E-state index in [2.05, 4.69) is 29.7 Å². The second-order valence-electron chi connectivity index (χ2n) is 18.8. The third kappa shape index (κ3) is 9.38. The first kappa shape index (κ1) is 47.3. The van der Waals surface area contributed by atoms with Gasteiger partial charge in [0.2, 0.25) is 0 Å². The molecule has 1 aliphatic rings. The Morgan fingerprint density at radius 1 is 0.460 bits per heavy atom. The average molecular weight is 932 g/mol.